The van der Waals surface area contributed by atoms with E-state index in [4.69, 9.17) is 4.74 Å². The van der Waals surface area contributed by atoms with Gasteiger partial charge in [-0.1, -0.05) is 0 Å². The molecule has 0 saturated heterocycles. The highest BCUT2D eigenvalue weighted by atomic mass is 32.2. The molecule has 1 amide bonds. The molecular weight excluding hydrogens is 422 g/mol. The van der Waals surface area contributed by atoms with Crippen LogP contribution in [-0.4, -0.2) is 41.4 Å². The molecular formula is C20H19N5O5S. The normalized spacial score (nSPS) is 11.9. The SMILES string of the molecule is Cc1ccnc(NS(=O)(=O)c2ccc(NC(=O)C(C)OC(=O)c3cccnc3)cc2)n1. The Morgan fingerprint density at radius 3 is 2.45 bits per heavy atom. The molecule has 2 heterocycles. The Balaban J connectivity index is 1.61. The van der Waals surface area contributed by atoms with Crippen molar-refractivity contribution in [3.05, 3.63) is 72.3 Å². The van der Waals surface area contributed by atoms with E-state index in [0.29, 0.717) is 11.4 Å². The minimum absolute atomic E-state index is 0.0355. The molecule has 0 aliphatic carbocycles. The Morgan fingerprint density at radius 1 is 1.06 bits per heavy atom. The molecule has 0 spiro atoms. The summed E-state index contributed by atoms with van der Waals surface area (Å²) in [5.74, 6) is -1.29. The molecule has 0 aliphatic rings. The first-order valence-corrected chi connectivity index (χ1v) is 10.6. The third-order valence-corrected chi connectivity index (χ3v) is 5.35. The van der Waals surface area contributed by atoms with Crippen LogP contribution in [-0.2, 0) is 19.6 Å². The van der Waals surface area contributed by atoms with Crippen molar-refractivity contribution in [1.29, 1.82) is 0 Å². The largest absolute Gasteiger partial charge is 0.449 e. The number of amides is 1. The fourth-order valence-electron chi connectivity index (χ4n) is 2.40. The predicted molar refractivity (Wildman–Crippen MR) is 112 cm³/mol. The highest BCUT2D eigenvalue weighted by molar-refractivity contribution is 7.92. The monoisotopic (exact) mass is 441 g/mol. The number of anilines is 2. The van der Waals surface area contributed by atoms with Crippen molar-refractivity contribution < 1.29 is 22.7 Å². The van der Waals surface area contributed by atoms with Crippen LogP contribution in [0, 0.1) is 6.92 Å². The number of carbonyl (C=O) groups excluding carboxylic acids is 2. The first kappa shape index (κ1) is 21.8. The summed E-state index contributed by atoms with van der Waals surface area (Å²) in [5, 5.41) is 2.56. The van der Waals surface area contributed by atoms with Crippen LogP contribution in [0.25, 0.3) is 0 Å². The molecule has 31 heavy (non-hydrogen) atoms. The van der Waals surface area contributed by atoms with Crippen molar-refractivity contribution in [2.24, 2.45) is 0 Å². The zero-order valence-corrected chi connectivity index (χ0v) is 17.5. The average Bonchev–Trinajstić information content (AvgIpc) is 2.74. The number of nitrogens with zero attached hydrogens (tertiary/aromatic N) is 3. The lowest BCUT2D eigenvalue weighted by molar-refractivity contribution is -0.123. The molecule has 2 N–H and O–H groups in total. The van der Waals surface area contributed by atoms with Crippen molar-refractivity contribution in [3.63, 3.8) is 0 Å². The van der Waals surface area contributed by atoms with Gasteiger partial charge >= 0.3 is 5.97 Å². The van der Waals surface area contributed by atoms with Gasteiger partial charge in [0.15, 0.2) is 6.10 Å². The summed E-state index contributed by atoms with van der Waals surface area (Å²) < 4.78 is 32.3. The molecule has 3 rings (SSSR count). The topological polar surface area (TPSA) is 140 Å². The van der Waals surface area contributed by atoms with E-state index in [1.165, 1.54) is 55.8 Å². The number of sulfonamides is 1. The maximum absolute atomic E-state index is 12.5. The summed E-state index contributed by atoms with van der Waals surface area (Å²) in [4.78, 5) is 36.0. The molecule has 3 aromatic rings. The Hall–Kier alpha value is -3.86. The second kappa shape index (κ2) is 9.30. The van der Waals surface area contributed by atoms with Crippen LogP contribution in [0.4, 0.5) is 11.6 Å². The Morgan fingerprint density at radius 2 is 1.81 bits per heavy atom. The average molecular weight is 441 g/mol. The minimum Gasteiger partial charge on any atom is -0.449 e. The molecule has 11 heteroatoms. The highest BCUT2D eigenvalue weighted by Gasteiger charge is 2.20. The van der Waals surface area contributed by atoms with E-state index in [-0.39, 0.29) is 16.4 Å². The number of aryl methyl sites for hydroxylation is 1. The first-order valence-electron chi connectivity index (χ1n) is 9.09. The molecule has 0 fully saturated rings. The van der Waals surface area contributed by atoms with Gasteiger partial charge in [-0.2, -0.15) is 0 Å². The van der Waals surface area contributed by atoms with Gasteiger partial charge in [-0.05, 0) is 56.3 Å². The number of nitrogens with one attached hydrogen (secondary N) is 2. The van der Waals surface area contributed by atoms with Crippen molar-refractivity contribution in [2.45, 2.75) is 24.8 Å². The van der Waals surface area contributed by atoms with E-state index in [1.54, 1.807) is 19.1 Å². The minimum atomic E-state index is -3.90. The molecule has 160 valence electrons. The van der Waals surface area contributed by atoms with Crippen LogP contribution < -0.4 is 10.0 Å². The Bertz CT molecular complexity index is 1180. The quantitative estimate of drug-likeness (QED) is 0.532. The van der Waals surface area contributed by atoms with E-state index < -0.39 is 28.0 Å². The van der Waals surface area contributed by atoms with E-state index >= 15 is 0 Å². The van der Waals surface area contributed by atoms with E-state index in [0.717, 1.165) is 0 Å². The number of ether oxygens (including phenoxy) is 1. The number of benzene rings is 1. The van der Waals surface area contributed by atoms with Gasteiger partial charge < -0.3 is 10.1 Å². The van der Waals surface area contributed by atoms with E-state index in [1.807, 2.05) is 0 Å². The molecule has 10 nitrogen and oxygen atoms in total. The molecule has 0 aliphatic heterocycles. The lowest BCUT2D eigenvalue weighted by atomic mass is 10.2. The van der Waals surface area contributed by atoms with Gasteiger partial charge in [-0.25, -0.2) is 27.9 Å². The van der Waals surface area contributed by atoms with Crippen LogP contribution in [0.5, 0.6) is 0 Å². The zero-order chi connectivity index (χ0) is 22.4. The van der Waals surface area contributed by atoms with Crippen molar-refractivity contribution in [1.82, 2.24) is 15.0 Å². The molecule has 1 atom stereocenters. The summed E-state index contributed by atoms with van der Waals surface area (Å²) in [6.07, 6.45) is 3.22. The smallest absolute Gasteiger partial charge is 0.340 e. The van der Waals surface area contributed by atoms with Gasteiger partial charge in [0, 0.05) is 30.0 Å². The summed E-state index contributed by atoms with van der Waals surface area (Å²) in [7, 11) is -3.90. The number of hydrogen-bond acceptors (Lipinski definition) is 8. The molecule has 1 aromatic carbocycles. The number of esters is 1. The zero-order valence-electron chi connectivity index (χ0n) is 16.6. The van der Waals surface area contributed by atoms with Gasteiger partial charge in [-0.3, -0.25) is 9.78 Å². The van der Waals surface area contributed by atoms with Crippen LogP contribution in [0.1, 0.15) is 23.0 Å². The summed E-state index contributed by atoms with van der Waals surface area (Å²) >= 11 is 0. The number of pyridine rings is 1. The van der Waals surface area contributed by atoms with Crippen molar-refractivity contribution in [3.8, 4) is 0 Å². The van der Waals surface area contributed by atoms with Crippen LogP contribution in [0.3, 0.4) is 0 Å². The molecule has 0 radical (unpaired) electrons. The summed E-state index contributed by atoms with van der Waals surface area (Å²) in [5.41, 5.74) is 1.17. The fourth-order valence-corrected chi connectivity index (χ4v) is 3.36. The second-order valence-corrected chi connectivity index (χ2v) is 8.11. The van der Waals surface area contributed by atoms with Crippen molar-refractivity contribution in [2.75, 3.05) is 10.0 Å². The third kappa shape index (κ3) is 5.82. The maximum atomic E-state index is 12.5. The van der Waals surface area contributed by atoms with Crippen LogP contribution in [0.2, 0.25) is 0 Å². The first-order chi connectivity index (χ1) is 14.7. The molecule has 0 saturated carbocycles. The number of rotatable bonds is 7. The standard InChI is InChI=1S/C20H19N5O5S/c1-13-9-11-22-20(23-13)25-31(28,29)17-7-5-16(6-8-17)24-18(26)14(2)30-19(27)15-4-3-10-21-12-15/h3-12,14H,1-2H3,(H,24,26)(H,22,23,25). The number of hydrogen-bond donors (Lipinski definition) is 2. The van der Waals surface area contributed by atoms with Crippen LogP contribution in [0.15, 0.2) is 66.0 Å². The maximum Gasteiger partial charge on any atom is 0.340 e. The fraction of sp³-hybridized carbons (Fsp3) is 0.150. The lowest BCUT2D eigenvalue weighted by Gasteiger charge is -2.14. The van der Waals surface area contributed by atoms with Crippen molar-refractivity contribution >= 4 is 33.5 Å². The van der Waals surface area contributed by atoms with Crippen LogP contribution >= 0.6 is 0 Å². The Kier molecular flexibility index (Phi) is 6.55. The van der Waals surface area contributed by atoms with E-state index in [9.17, 15) is 18.0 Å². The predicted octanol–water partition coefficient (Wildman–Crippen LogP) is 2.16. The summed E-state index contributed by atoms with van der Waals surface area (Å²) in [6, 6.07) is 10.2. The Labute approximate surface area is 178 Å². The highest BCUT2D eigenvalue weighted by Crippen LogP contribution is 2.17. The summed E-state index contributed by atoms with van der Waals surface area (Å²) in [6.45, 7) is 3.14. The third-order valence-electron chi connectivity index (χ3n) is 4.00. The van der Waals surface area contributed by atoms with Gasteiger partial charge in [-0.15, -0.1) is 0 Å². The number of aromatic nitrogens is 3. The second-order valence-electron chi connectivity index (χ2n) is 6.43. The van der Waals surface area contributed by atoms with E-state index in [2.05, 4.69) is 25.0 Å². The molecule has 2 aromatic heterocycles. The van der Waals surface area contributed by atoms with Gasteiger partial charge in [0.05, 0.1) is 10.5 Å². The number of carbonyl (C=O) groups is 2. The lowest BCUT2D eigenvalue weighted by Crippen LogP contribution is -2.30. The molecule has 1 unspecified atom stereocenters. The van der Waals surface area contributed by atoms with Gasteiger partial charge in [0.1, 0.15) is 0 Å². The van der Waals surface area contributed by atoms with Gasteiger partial charge in [0.25, 0.3) is 15.9 Å². The molecule has 0 bridgehead atoms. The van der Waals surface area contributed by atoms with Gasteiger partial charge in [0.2, 0.25) is 5.95 Å².